The minimum atomic E-state index is 0.672. The van der Waals surface area contributed by atoms with Crippen molar-refractivity contribution in [2.45, 2.75) is 20.8 Å². The van der Waals surface area contributed by atoms with Crippen molar-refractivity contribution in [2.75, 3.05) is 0 Å². The van der Waals surface area contributed by atoms with Gasteiger partial charge in [0, 0.05) is 26.9 Å². The molecule has 4 heteroatoms. The van der Waals surface area contributed by atoms with Crippen molar-refractivity contribution in [1.82, 2.24) is 9.97 Å². The number of aryl methyl sites for hydroxylation is 3. The second-order valence-electron chi connectivity index (χ2n) is 9.62. The SMILES string of the molecule is Cc1ccc2c(n1)oc1c(-c3ccc4sc(-c5ccc(-c6c(C)cccc6C)cc5)cc4n3)cccc12. The molecule has 0 bridgehead atoms. The Morgan fingerprint density at radius 1 is 0.676 bits per heavy atom. The van der Waals surface area contributed by atoms with E-state index in [1.54, 1.807) is 11.3 Å². The van der Waals surface area contributed by atoms with Gasteiger partial charge in [-0.05, 0) is 85.0 Å². The van der Waals surface area contributed by atoms with Crippen LogP contribution in [0, 0.1) is 20.8 Å². The smallest absolute Gasteiger partial charge is 0.227 e. The molecule has 3 aromatic carbocycles. The Morgan fingerprint density at radius 3 is 2.24 bits per heavy atom. The Balaban J connectivity index is 1.28. The van der Waals surface area contributed by atoms with Crippen molar-refractivity contribution in [1.29, 1.82) is 0 Å². The lowest BCUT2D eigenvalue weighted by atomic mass is 9.95. The van der Waals surface area contributed by atoms with Gasteiger partial charge < -0.3 is 4.42 Å². The van der Waals surface area contributed by atoms with Gasteiger partial charge >= 0.3 is 0 Å². The first-order chi connectivity index (χ1) is 18.0. The molecule has 178 valence electrons. The summed E-state index contributed by atoms with van der Waals surface area (Å²) in [5, 5.41) is 2.10. The number of hydrogen-bond donors (Lipinski definition) is 0. The number of furan rings is 1. The Labute approximate surface area is 219 Å². The van der Waals surface area contributed by atoms with Crippen LogP contribution in [0.5, 0.6) is 0 Å². The van der Waals surface area contributed by atoms with Crippen molar-refractivity contribution in [2.24, 2.45) is 0 Å². The number of nitrogens with zero attached hydrogens (tertiary/aromatic N) is 2. The van der Waals surface area contributed by atoms with Crippen LogP contribution in [0.15, 0.2) is 95.4 Å². The minimum absolute atomic E-state index is 0.672. The van der Waals surface area contributed by atoms with Crippen molar-refractivity contribution >= 4 is 43.6 Å². The molecule has 0 saturated heterocycles. The number of aromatic nitrogens is 2. The van der Waals surface area contributed by atoms with E-state index in [-0.39, 0.29) is 0 Å². The van der Waals surface area contributed by atoms with E-state index in [9.17, 15) is 0 Å². The van der Waals surface area contributed by atoms with E-state index in [2.05, 4.69) is 104 Å². The fraction of sp³-hybridized carbons (Fsp3) is 0.0909. The van der Waals surface area contributed by atoms with Gasteiger partial charge in [-0.15, -0.1) is 11.3 Å². The largest absolute Gasteiger partial charge is 0.437 e. The fourth-order valence-electron chi connectivity index (χ4n) is 5.26. The standard InChI is InChI=1S/C33H24N2OS/c1-19-6-4-7-20(2)31(19)23-13-11-22(12-14-23)30-18-28-29(37-30)17-16-27(35-28)26-9-5-8-24-25-15-10-21(3)34-33(25)36-32(24)26/h4-18H,1-3H3. The number of pyridine rings is 2. The molecular formula is C33H24N2OS. The zero-order valence-electron chi connectivity index (χ0n) is 20.9. The maximum Gasteiger partial charge on any atom is 0.227 e. The average molecular weight is 497 g/mol. The Hall–Kier alpha value is -4.28. The van der Waals surface area contributed by atoms with E-state index in [0.717, 1.165) is 38.8 Å². The predicted octanol–water partition coefficient (Wildman–Crippen LogP) is 9.52. The fourth-order valence-corrected chi connectivity index (χ4v) is 6.27. The molecule has 7 aromatic rings. The van der Waals surface area contributed by atoms with Crippen LogP contribution in [-0.2, 0) is 0 Å². The molecule has 4 heterocycles. The zero-order valence-corrected chi connectivity index (χ0v) is 21.7. The summed E-state index contributed by atoms with van der Waals surface area (Å²) in [5.41, 5.74) is 11.7. The first-order valence-electron chi connectivity index (χ1n) is 12.4. The first-order valence-corrected chi connectivity index (χ1v) is 13.2. The maximum atomic E-state index is 6.22. The van der Waals surface area contributed by atoms with Crippen molar-refractivity contribution in [3.63, 3.8) is 0 Å². The molecule has 3 nitrogen and oxygen atoms in total. The summed E-state index contributed by atoms with van der Waals surface area (Å²) in [7, 11) is 0. The number of fused-ring (bicyclic) bond motifs is 4. The normalized spacial score (nSPS) is 11.6. The Kier molecular flexibility index (Phi) is 4.98. The topological polar surface area (TPSA) is 38.9 Å². The molecule has 0 atom stereocenters. The van der Waals surface area contributed by atoms with Gasteiger partial charge in [-0.25, -0.2) is 9.97 Å². The molecule has 37 heavy (non-hydrogen) atoms. The zero-order chi connectivity index (χ0) is 25.1. The summed E-state index contributed by atoms with van der Waals surface area (Å²) < 4.78 is 7.39. The van der Waals surface area contributed by atoms with E-state index in [4.69, 9.17) is 9.40 Å². The summed E-state index contributed by atoms with van der Waals surface area (Å²) in [5.74, 6) is 0. The van der Waals surface area contributed by atoms with Gasteiger partial charge in [0.15, 0.2) is 0 Å². The highest BCUT2D eigenvalue weighted by atomic mass is 32.1. The lowest BCUT2D eigenvalue weighted by Crippen LogP contribution is -1.87. The summed E-state index contributed by atoms with van der Waals surface area (Å²) in [6.45, 7) is 6.33. The third-order valence-electron chi connectivity index (χ3n) is 7.09. The minimum Gasteiger partial charge on any atom is -0.437 e. The van der Waals surface area contributed by atoms with Gasteiger partial charge in [-0.1, -0.05) is 54.6 Å². The molecule has 0 N–H and O–H groups in total. The van der Waals surface area contributed by atoms with Gasteiger partial charge in [-0.2, -0.15) is 0 Å². The highest BCUT2D eigenvalue weighted by Gasteiger charge is 2.15. The van der Waals surface area contributed by atoms with Crippen LogP contribution in [0.1, 0.15) is 16.8 Å². The Bertz CT molecular complexity index is 1940. The quantitative estimate of drug-likeness (QED) is 0.244. The molecule has 0 fully saturated rings. The lowest BCUT2D eigenvalue weighted by Gasteiger charge is -2.10. The predicted molar refractivity (Wildman–Crippen MR) is 155 cm³/mol. The van der Waals surface area contributed by atoms with E-state index >= 15 is 0 Å². The number of para-hydroxylation sites is 1. The number of benzene rings is 3. The summed E-state index contributed by atoms with van der Waals surface area (Å²) in [6.07, 6.45) is 0. The van der Waals surface area contributed by atoms with Crippen molar-refractivity contribution in [3.8, 4) is 32.8 Å². The van der Waals surface area contributed by atoms with Crippen LogP contribution < -0.4 is 0 Å². The maximum absolute atomic E-state index is 6.22. The van der Waals surface area contributed by atoms with Crippen LogP contribution in [0.4, 0.5) is 0 Å². The Morgan fingerprint density at radius 2 is 1.43 bits per heavy atom. The molecule has 0 saturated carbocycles. The molecular weight excluding hydrogens is 472 g/mol. The molecule has 0 aliphatic rings. The molecule has 0 unspecified atom stereocenters. The third-order valence-corrected chi connectivity index (χ3v) is 8.23. The van der Waals surface area contributed by atoms with E-state index < -0.39 is 0 Å². The molecule has 0 amide bonds. The van der Waals surface area contributed by atoms with Crippen LogP contribution >= 0.6 is 11.3 Å². The van der Waals surface area contributed by atoms with Gasteiger partial charge in [0.1, 0.15) is 5.58 Å². The molecule has 0 aliphatic heterocycles. The number of hydrogen-bond acceptors (Lipinski definition) is 4. The molecule has 4 aromatic heterocycles. The highest BCUT2D eigenvalue weighted by molar-refractivity contribution is 7.22. The van der Waals surface area contributed by atoms with Crippen LogP contribution in [0.25, 0.3) is 65.1 Å². The van der Waals surface area contributed by atoms with Crippen LogP contribution in [0.2, 0.25) is 0 Å². The molecule has 0 radical (unpaired) electrons. The summed E-state index contributed by atoms with van der Waals surface area (Å²) in [4.78, 5) is 10.8. The van der Waals surface area contributed by atoms with Gasteiger partial charge in [0.25, 0.3) is 0 Å². The lowest BCUT2D eigenvalue weighted by molar-refractivity contribution is 0.653. The van der Waals surface area contributed by atoms with Crippen molar-refractivity contribution in [3.05, 3.63) is 108 Å². The molecule has 0 spiro atoms. The highest BCUT2D eigenvalue weighted by Crippen LogP contribution is 2.38. The second kappa shape index (κ2) is 8.39. The number of rotatable bonds is 3. The van der Waals surface area contributed by atoms with Gasteiger partial charge in [0.05, 0.1) is 15.9 Å². The van der Waals surface area contributed by atoms with Crippen LogP contribution in [0.3, 0.4) is 0 Å². The van der Waals surface area contributed by atoms with Crippen molar-refractivity contribution < 1.29 is 4.42 Å². The monoisotopic (exact) mass is 496 g/mol. The molecule has 0 aliphatic carbocycles. The van der Waals surface area contributed by atoms with Gasteiger partial charge in [0.2, 0.25) is 5.71 Å². The average Bonchev–Trinajstić information content (AvgIpc) is 3.49. The van der Waals surface area contributed by atoms with Gasteiger partial charge in [-0.3, -0.25) is 0 Å². The summed E-state index contributed by atoms with van der Waals surface area (Å²) in [6, 6.07) is 32.2. The molecule has 7 rings (SSSR count). The summed E-state index contributed by atoms with van der Waals surface area (Å²) >= 11 is 1.78. The number of thiophene rings is 1. The first kappa shape index (κ1) is 22.0. The second-order valence-corrected chi connectivity index (χ2v) is 10.7. The van der Waals surface area contributed by atoms with Crippen LogP contribution in [-0.4, -0.2) is 9.97 Å². The van der Waals surface area contributed by atoms with E-state index in [0.29, 0.717) is 5.71 Å². The third kappa shape index (κ3) is 3.64. The van der Waals surface area contributed by atoms with E-state index in [1.165, 1.54) is 37.4 Å². The van der Waals surface area contributed by atoms with E-state index in [1.807, 2.05) is 13.0 Å².